The zero-order valence-corrected chi connectivity index (χ0v) is 14.0. The fourth-order valence-electron chi connectivity index (χ4n) is 2.25. The van der Waals surface area contributed by atoms with Gasteiger partial charge in [0, 0.05) is 14.1 Å². The third-order valence-corrected chi connectivity index (χ3v) is 3.39. The molecule has 0 saturated carbocycles. The standard InChI is InChI=1S/C16H16N6O3/c1-22(2)16-20-14(19-15(18)21-16)10(7-17)4-9-5-11(23-3)13-12(6-9)24-8-25-13/h4-6H,8H2,1-3H3,(H2,18,19,20,21). The van der Waals surface area contributed by atoms with Gasteiger partial charge in [0.2, 0.25) is 24.4 Å². The third kappa shape index (κ3) is 3.23. The monoisotopic (exact) mass is 340 g/mol. The van der Waals surface area contributed by atoms with Gasteiger partial charge in [0.15, 0.2) is 17.3 Å². The summed E-state index contributed by atoms with van der Waals surface area (Å²) >= 11 is 0. The lowest BCUT2D eigenvalue weighted by atomic mass is 10.1. The zero-order valence-electron chi connectivity index (χ0n) is 14.0. The van der Waals surface area contributed by atoms with Gasteiger partial charge >= 0.3 is 0 Å². The van der Waals surface area contributed by atoms with Crippen molar-refractivity contribution >= 4 is 23.5 Å². The molecule has 9 heteroatoms. The minimum absolute atomic E-state index is 0.0399. The number of methoxy groups -OCH3 is 1. The summed E-state index contributed by atoms with van der Waals surface area (Å²) in [5.74, 6) is 2.20. The minimum Gasteiger partial charge on any atom is -0.493 e. The number of aromatic nitrogens is 3. The summed E-state index contributed by atoms with van der Waals surface area (Å²) in [5, 5.41) is 9.52. The Balaban J connectivity index is 2.06. The fraction of sp³-hybridized carbons (Fsp3) is 0.250. The Morgan fingerprint density at radius 1 is 1.32 bits per heavy atom. The van der Waals surface area contributed by atoms with E-state index in [9.17, 15) is 5.26 Å². The number of allylic oxidation sites excluding steroid dienone is 1. The Hall–Kier alpha value is -3.54. The lowest BCUT2D eigenvalue weighted by molar-refractivity contribution is 0.171. The number of nitrogens with zero attached hydrogens (tertiary/aromatic N) is 5. The molecule has 0 aliphatic carbocycles. The van der Waals surface area contributed by atoms with Crippen molar-refractivity contribution in [3.05, 3.63) is 23.5 Å². The first-order valence-electron chi connectivity index (χ1n) is 7.30. The molecule has 128 valence electrons. The first-order chi connectivity index (χ1) is 12.0. The van der Waals surface area contributed by atoms with Crippen LogP contribution in [0.25, 0.3) is 11.6 Å². The van der Waals surface area contributed by atoms with Crippen LogP contribution < -0.4 is 24.8 Å². The van der Waals surface area contributed by atoms with Gasteiger partial charge in [0.05, 0.1) is 12.7 Å². The Bertz CT molecular complexity index is 888. The van der Waals surface area contributed by atoms with Crippen LogP contribution in [0.2, 0.25) is 0 Å². The predicted molar refractivity (Wildman–Crippen MR) is 91.2 cm³/mol. The molecular formula is C16H16N6O3. The van der Waals surface area contributed by atoms with Crippen LogP contribution in [0.4, 0.5) is 11.9 Å². The van der Waals surface area contributed by atoms with Crippen molar-refractivity contribution in [1.29, 1.82) is 5.26 Å². The van der Waals surface area contributed by atoms with Crippen LogP contribution in [-0.2, 0) is 0 Å². The number of anilines is 2. The van der Waals surface area contributed by atoms with Gasteiger partial charge in [-0.1, -0.05) is 0 Å². The van der Waals surface area contributed by atoms with Gasteiger partial charge in [-0.25, -0.2) is 0 Å². The third-order valence-electron chi connectivity index (χ3n) is 3.39. The number of nitrogens with two attached hydrogens (primary N) is 1. The van der Waals surface area contributed by atoms with E-state index in [1.807, 2.05) is 0 Å². The van der Waals surface area contributed by atoms with E-state index in [0.717, 1.165) is 0 Å². The van der Waals surface area contributed by atoms with E-state index in [1.165, 1.54) is 7.11 Å². The number of hydrogen-bond acceptors (Lipinski definition) is 9. The van der Waals surface area contributed by atoms with E-state index in [2.05, 4.69) is 21.0 Å². The van der Waals surface area contributed by atoms with E-state index in [4.69, 9.17) is 19.9 Å². The summed E-state index contributed by atoms with van der Waals surface area (Å²) < 4.78 is 16.1. The van der Waals surface area contributed by atoms with Crippen molar-refractivity contribution in [3.8, 4) is 23.3 Å². The first kappa shape index (κ1) is 16.3. The number of rotatable bonds is 4. The molecule has 0 radical (unpaired) electrons. The molecule has 1 aliphatic rings. The summed E-state index contributed by atoms with van der Waals surface area (Å²) in [7, 11) is 5.08. The smallest absolute Gasteiger partial charge is 0.231 e. The quantitative estimate of drug-likeness (QED) is 0.821. The fourth-order valence-corrected chi connectivity index (χ4v) is 2.25. The molecule has 1 aliphatic heterocycles. The Morgan fingerprint density at radius 2 is 2.12 bits per heavy atom. The van der Waals surface area contributed by atoms with Crippen molar-refractivity contribution in [2.24, 2.45) is 0 Å². The number of fused-ring (bicyclic) bond motifs is 1. The highest BCUT2D eigenvalue weighted by Crippen LogP contribution is 2.42. The number of nitrogen functional groups attached to an aromatic ring is 1. The average molecular weight is 340 g/mol. The highest BCUT2D eigenvalue weighted by molar-refractivity contribution is 5.88. The van der Waals surface area contributed by atoms with E-state index in [1.54, 1.807) is 37.2 Å². The van der Waals surface area contributed by atoms with Crippen LogP contribution in [0.3, 0.4) is 0 Å². The van der Waals surface area contributed by atoms with Gasteiger partial charge in [0.25, 0.3) is 0 Å². The number of benzene rings is 1. The molecule has 0 bridgehead atoms. The molecule has 0 amide bonds. The molecular weight excluding hydrogens is 324 g/mol. The second-order valence-electron chi connectivity index (χ2n) is 5.34. The summed E-state index contributed by atoms with van der Waals surface area (Å²) in [6.07, 6.45) is 1.62. The highest BCUT2D eigenvalue weighted by Gasteiger charge is 2.20. The average Bonchev–Trinajstić information content (AvgIpc) is 3.06. The van der Waals surface area contributed by atoms with E-state index >= 15 is 0 Å². The molecule has 2 heterocycles. The van der Waals surface area contributed by atoms with Crippen LogP contribution in [-0.4, -0.2) is 43.0 Å². The maximum absolute atomic E-state index is 9.52. The van der Waals surface area contributed by atoms with Crippen LogP contribution >= 0.6 is 0 Å². The molecule has 1 aromatic carbocycles. The van der Waals surface area contributed by atoms with Gasteiger partial charge in [-0.15, -0.1) is 0 Å². The topological polar surface area (TPSA) is 119 Å². The molecule has 0 spiro atoms. The highest BCUT2D eigenvalue weighted by atomic mass is 16.7. The maximum Gasteiger partial charge on any atom is 0.231 e. The maximum atomic E-state index is 9.52. The van der Waals surface area contributed by atoms with Gasteiger partial charge in [-0.05, 0) is 23.8 Å². The van der Waals surface area contributed by atoms with Gasteiger partial charge < -0.3 is 24.8 Å². The van der Waals surface area contributed by atoms with Crippen molar-refractivity contribution in [3.63, 3.8) is 0 Å². The molecule has 2 N–H and O–H groups in total. The van der Waals surface area contributed by atoms with Gasteiger partial charge in [-0.2, -0.15) is 20.2 Å². The van der Waals surface area contributed by atoms with E-state index in [0.29, 0.717) is 28.8 Å². The minimum atomic E-state index is 0.0399. The molecule has 3 rings (SSSR count). The van der Waals surface area contributed by atoms with Crippen LogP contribution in [0, 0.1) is 11.3 Å². The lowest BCUT2D eigenvalue weighted by Crippen LogP contribution is -2.15. The summed E-state index contributed by atoms with van der Waals surface area (Å²) in [6.45, 7) is 0.125. The zero-order chi connectivity index (χ0) is 18.0. The molecule has 2 aromatic rings. The van der Waals surface area contributed by atoms with Gasteiger partial charge in [-0.3, -0.25) is 0 Å². The second kappa shape index (κ2) is 6.52. The molecule has 0 saturated heterocycles. The van der Waals surface area contributed by atoms with Crippen LogP contribution in [0.1, 0.15) is 11.4 Å². The van der Waals surface area contributed by atoms with Crippen molar-refractivity contribution in [1.82, 2.24) is 15.0 Å². The first-order valence-corrected chi connectivity index (χ1v) is 7.30. The normalized spacial score (nSPS) is 12.6. The molecule has 0 unspecified atom stereocenters. The molecule has 9 nitrogen and oxygen atoms in total. The SMILES string of the molecule is COc1cc(C=C(C#N)c2nc(N)nc(N(C)C)n2)cc2c1OCO2. The number of ether oxygens (including phenoxy) is 3. The number of nitriles is 1. The van der Waals surface area contributed by atoms with Crippen molar-refractivity contribution in [2.75, 3.05) is 38.6 Å². The predicted octanol–water partition coefficient (Wildman–Crippen LogP) is 1.32. The van der Waals surface area contributed by atoms with Crippen LogP contribution in [0.5, 0.6) is 17.2 Å². The number of hydrogen-bond donors (Lipinski definition) is 1. The molecule has 0 fully saturated rings. The lowest BCUT2D eigenvalue weighted by Gasteiger charge is -2.11. The Labute approximate surface area is 144 Å². The summed E-state index contributed by atoms with van der Waals surface area (Å²) in [6, 6.07) is 5.57. The van der Waals surface area contributed by atoms with Crippen molar-refractivity contribution in [2.45, 2.75) is 0 Å². The summed E-state index contributed by atoms with van der Waals surface area (Å²) in [4.78, 5) is 14.0. The van der Waals surface area contributed by atoms with Crippen molar-refractivity contribution < 1.29 is 14.2 Å². The van der Waals surface area contributed by atoms with E-state index in [-0.39, 0.29) is 24.1 Å². The molecule has 1 aromatic heterocycles. The Morgan fingerprint density at radius 3 is 2.80 bits per heavy atom. The summed E-state index contributed by atoms with van der Waals surface area (Å²) in [5.41, 5.74) is 6.64. The van der Waals surface area contributed by atoms with E-state index < -0.39 is 0 Å². The molecule has 25 heavy (non-hydrogen) atoms. The Kier molecular flexibility index (Phi) is 4.26. The van der Waals surface area contributed by atoms with Crippen LogP contribution in [0.15, 0.2) is 12.1 Å². The second-order valence-corrected chi connectivity index (χ2v) is 5.34. The van der Waals surface area contributed by atoms with Gasteiger partial charge in [0.1, 0.15) is 6.07 Å². The largest absolute Gasteiger partial charge is 0.493 e. The molecule has 0 atom stereocenters.